The maximum absolute atomic E-state index is 5.92. The average molecular weight is 191 g/mol. The van der Waals surface area contributed by atoms with Gasteiger partial charge in [0, 0.05) is 24.8 Å². The van der Waals surface area contributed by atoms with Crippen molar-refractivity contribution in [2.75, 3.05) is 0 Å². The smallest absolute Gasteiger partial charge is 0.0668 e. The second kappa shape index (κ2) is 3.58. The molecule has 1 aromatic heterocycles. The van der Waals surface area contributed by atoms with Gasteiger partial charge in [0.2, 0.25) is 0 Å². The Morgan fingerprint density at radius 1 is 1.57 bits per heavy atom. The van der Waals surface area contributed by atoms with Gasteiger partial charge in [-0.15, -0.1) is 0 Å². The summed E-state index contributed by atoms with van der Waals surface area (Å²) in [4.78, 5) is 0. The molecule has 14 heavy (non-hydrogen) atoms. The third-order valence-corrected chi connectivity index (χ3v) is 2.76. The predicted octanol–water partition coefficient (Wildman–Crippen LogP) is 1.62. The molecule has 2 rings (SSSR count). The minimum Gasteiger partial charge on any atom is -0.324 e. The van der Waals surface area contributed by atoms with Crippen molar-refractivity contribution >= 4 is 5.57 Å². The fraction of sp³-hybridized carbons (Fsp3) is 0.545. The summed E-state index contributed by atoms with van der Waals surface area (Å²) in [7, 11) is 1.96. The first kappa shape index (κ1) is 9.46. The second-order valence-electron chi connectivity index (χ2n) is 4.05. The summed E-state index contributed by atoms with van der Waals surface area (Å²) >= 11 is 0. The van der Waals surface area contributed by atoms with Gasteiger partial charge in [-0.05, 0) is 31.8 Å². The van der Waals surface area contributed by atoms with E-state index in [1.165, 1.54) is 17.6 Å². The molecule has 0 amide bonds. The lowest BCUT2D eigenvalue weighted by Crippen LogP contribution is -2.20. The van der Waals surface area contributed by atoms with Crippen molar-refractivity contribution in [3.8, 4) is 0 Å². The molecule has 1 unspecified atom stereocenters. The van der Waals surface area contributed by atoms with Crippen LogP contribution in [0.25, 0.3) is 5.57 Å². The summed E-state index contributed by atoms with van der Waals surface area (Å²) in [5, 5.41) is 4.35. The predicted molar refractivity (Wildman–Crippen MR) is 57.7 cm³/mol. The standard InChI is InChI=1S/C11H17N3/c1-8-11(7-14(2)13-8)9-4-3-5-10(12)6-9/h6-7,10H,3-5,12H2,1-2H3. The van der Waals surface area contributed by atoms with Crippen LogP contribution in [-0.2, 0) is 7.05 Å². The van der Waals surface area contributed by atoms with E-state index >= 15 is 0 Å². The Kier molecular flexibility index (Phi) is 2.42. The van der Waals surface area contributed by atoms with E-state index in [0.717, 1.165) is 18.5 Å². The monoisotopic (exact) mass is 191 g/mol. The summed E-state index contributed by atoms with van der Waals surface area (Å²) in [6, 6.07) is 0.235. The van der Waals surface area contributed by atoms with Gasteiger partial charge in [0.1, 0.15) is 0 Å². The van der Waals surface area contributed by atoms with Gasteiger partial charge in [-0.2, -0.15) is 5.10 Å². The van der Waals surface area contributed by atoms with Crippen molar-refractivity contribution in [2.24, 2.45) is 12.8 Å². The molecule has 3 heteroatoms. The quantitative estimate of drug-likeness (QED) is 0.733. The number of nitrogens with two attached hydrogens (primary N) is 1. The van der Waals surface area contributed by atoms with Crippen molar-refractivity contribution in [1.82, 2.24) is 9.78 Å². The second-order valence-corrected chi connectivity index (χ2v) is 4.05. The minimum atomic E-state index is 0.235. The molecule has 0 fully saturated rings. The molecule has 0 bridgehead atoms. The number of aryl methyl sites for hydroxylation is 2. The largest absolute Gasteiger partial charge is 0.324 e. The van der Waals surface area contributed by atoms with E-state index in [2.05, 4.69) is 24.3 Å². The van der Waals surface area contributed by atoms with Crippen LogP contribution in [0.1, 0.15) is 30.5 Å². The highest BCUT2D eigenvalue weighted by Crippen LogP contribution is 2.27. The highest BCUT2D eigenvalue weighted by atomic mass is 15.2. The molecule has 0 aliphatic heterocycles. The van der Waals surface area contributed by atoms with Crippen LogP contribution in [0.4, 0.5) is 0 Å². The van der Waals surface area contributed by atoms with Crippen LogP contribution in [-0.4, -0.2) is 15.8 Å². The highest BCUT2D eigenvalue weighted by Gasteiger charge is 2.14. The van der Waals surface area contributed by atoms with Gasteiger partial charge in [-0.25, -0.2) is 0 Å². The number of hydrogen-bond donors (Lipinski definition) is 1. The number of rotatable bonds is 1. The van der Waals surface area contributed by atoms with E-state index in [1.54, 1.807) is 0 Å². The average Bonchev–Trinajstić information content (AvgIpc) is 2.45. The highest BCUT2D eigenvalue weighted by molar-refractivity contribution is 5.68. The maximum Gasteiger partial charge on any atom is 0.0668 e. The summed E-state index contributed by atoms with van der Waals surface area (Å²) in [5.41, 5.74) is 9.66. The van der Waals surface area contributed by atoms with Crippen molar-refractivity contribution in [2.45, 2.75) is 32.2 Å². The molecule has 1 aliphatic rings. The lowest BCUT2D eigenvalue weighted by Gasteiger charge is -2.17. The van der Waals surface area contributed by atoms with E-state index in [-0.39, 0.29) is 6.04 Å². The van der Waals surface area contributed by atoms with Crippen LogP contribution >= 0.6 is 0 Å². The molecule has 0 aromatic carbocycles. The van der Waals surface area contributed by atoms with E-state index in [1.807, 2.05) is 11.7 Å². The summed E-state index contributed by atoms with van der Waals surface area (Å²) in [5.74, 6) is 0. The first-order valence-corrected chi connectivity index (χ1v) is 5.13. The van der Waals surface area contributed by atoms with Crippen molar-refractivity contribution in [3.05, 3.63) is 23.5 Å². The molecule has 2 N–H and O–H groups in total. The Bertz CT molecular complexity index is 363. The van der Waals surface area contributed by atoms with Crippen molar-refractivity contribution in [3.63, 3.8) is 0 Å². The molecular formula is C11H17N3. The molecule has 0 saturated carbocycles. The van der Waals surface area contributed by atoms with Gasteiger partial charge in [-0.1, -0.05) is 6.08 Å². The Balaban J connectivity index is 2.34. The summed E-state index contributed by atoms with van der Waals surface area (Å²) in [6.07, 6.45) is 7.72. The van der Waals surface area contributed by atoms with Crippen LogP contribution in [0.5, 0.6) is 0 Å². The Hall–Kier alpha value is -1.09. The van der Waals surface area contributed by atoms with Crippen LogP contribution in [0, 0.1) is 6.92 Å². The molecule has 1 aliphatic carbocycles. The maximum atomic E-state index is 5.92. The van der Waals surface area contributed by atoms with Gasteiger partial charge in [0.05, 0.1) is 5.69 Å². The van der Waals surface area contributed by atoms with Gasteiger partial charge in [0.25, 0.3) is 0 Å². The molecule has 0 saturated heterocycles. The number of nitrogens with zero attached hydrogens (tertiary/aromatic N) is 2. The lowest BCUT2D eigenvalue weighted by molar-refractivity contribution is 0.654. The van der Waals surface area contributed by atoms with Crippen LogP contribution < -0.4 is 5.73 Å². The van der Waals surface area contributed by atoms with Gasteiger partial charge in [0.15, 0.2) is 0 Å². The zero-order valence-corrected chi connectivity index (χ0v) is 8.83. The zero-order chi connectivity index (χ0) is 10.1. The number of aromatic nitrogens is 2. The topological polar surface area (TPSA) is 43.8 Å². The lowest BCUT2D eigenvalue weighted by atomic mass is 9.92. The van der Waals surface area contributed by atoms with Crippen molar-refractivity contribution in [1.29, 1.82) is 0 Å². The minimum absolute atomic E-state index is 0.235. The van der Waals surface area contributed by atoms with Gasteiger partial charge < -0.3 is 5.73 Å². The fourth-order valence-electron chi connectivity index (χ4n) is 2.09. The van der Waals surface area contributed by atoms with Gasteiger partial charge >= 0.3 is 0 Å². The van der Waals surface area contributed by atoms with Crippen LogP contribution in [0.3, 0.4) is 0 Å². The molecule has 1 atom stereocenters. The molecule has 3 nitrogen and oxygen atoms in total. The van der Waals surface area contributed by atoms with E-state index in [0.29, 0.717) is 0 Å². The normalized spacial score (nSPS) is 22.2. The summed E-state index contributed by atoms with van der Waals surface area (Å²) in [6.45, 7) is 2.05. The molecule has 0 radical (unpaired) electrons. The summed E-state index contributed by atoms with van der Waals surface area (Å²) < 4.78 is 1.87. The zero-order valence-electron chi connectivity index (χ0n) is 8.83. The molecule has 1 heterocycles. The molecular weight excluding hydrogens is 174 g/mol. The van der Waals surface area contributed by atoms with Crippen LogP contribution in [0.15, 0.2) is 12.3 Å². The van der Waals surface area contributed by atoms with E-state index in [9.17, 15) is 0 Å². The molecule has 1 aromatic rings. The van der Waals surface area contributed by atoms with Gasteiger partial charge in [-0.3, -0.25) is 4.68 Å². The number of allylic oxidation sites excluding steroid dienone is 1. The Labute approximate surface area is 84.6 Å². The fourth-order valence-corrected chi connectivity index (χ4v) is 2.09. The third kappa shape index (κ3) is 1.73. The Morgan fingerprint density at radius 3 is 2.93 bits per heavy atom. The van der Waals surface area contributed by atoms with Crippen LogP contribution in [0.2, 0.25) is 0 Å². The Morgan fingerprint density at radius 2 is 2.36 bits per heavy atom. The molecule has 76 valence electrons. The SMILES string of the molecule is Cc1nn(C)cc1C1=CC(N)CCC1. The van der Waals surface area contributed by atoms with E-state index in [4.69, 9.17) is 5.73 Å². The van der Waals surface area contributed by atoms with Crippen molar-refractivity contribution < 1.29 is 0 Å². The molecule has 0 spiro atoms. The first-order chi connectivity index (χ1) is 6.66. The van der Waals surface area contributed by atoms with E-state index < -0.39 is 0 Å². The first-order valence-electron chi connectivity index (χ1n) is 5.13. The third-order valence-electron chi connectivity index (χ3n) is 2.76. The number of hydrogen-bond acceptors (Lipinski definition) is 2.